The molecule has 1 unspecified atom stereocenters. The van der Waals surface area contributed by atoms with E-state index in [0.717, 1.165) is 30.5 Å². The number of carbonyl (C=O) groups excluding carboxylic acids is 2. The lowest BCUT2D eigenvalue weighted by molar-refractivity contribution is -0.138. The zero-order valence-electron chi connectivity index (χ0n) is 33.8. The van der Waals surface area contributed by atoms with Crippen LogP contribution in [0.4, 0.5) is 4.39 Å². The minimum Gasteiger partial charge on any atom is -0.507 e. The molecular formula is C45H52FN3O7Si. The molecule has 8 rings (SSSR count). The maximum absolute atomic E-state index is 17.1. The van der Waals surface area contributed by atoms with Gasteiger partial charge in [0.05, 0.1) is 11.6 Å². The number of carbonyl (C=O) groups is 2. The van der Waals surface area contributed by atoms with Gasteiger partial charge < -0.3 is 28.8 Å². The predicted octanol–water partition coefficient (Wildman–Crippen LogP) is 8.69. The maximum atomic E-state index is 17.1. The maximum Gasteiger partial charge on any atom is 0.265 e. The Labute approximate surface area is 334 Å². The molecule has 2 N–H and O–H groups in total. The van der Waals surface area contributed by atoms with Gasteiger partial charge in [0.25, 0.3) is 5.88 Å². The number of hydrogen-bond acceptors (Lipinski definition) is 10. The lowest BCUT2D eigenvalue weighted by atomic mass is 9.57. The van der Waals surface area contributed by atoms with E-state index in [-0.39, 0.29) is 66.2 Å². The molecule has 10 nitrogen and oxygen atoms in total. The van der Waals surface area contributed by atoms with Gasteiger partial charge in [0.15, 0.2) is 19.7 Å². The van der Waals surface area contributed by atoms with Gasteiger partial charge in [-0.25, -0.2) is 4.39 Å². The summed E-state index contributed by atoms with van der Waals surface area (Å²) in [6, 6.07) is 20.0. The minimum absolute atomic E-state index is 0.0269. The number of aliphatic hydroxyl groups is 1. The van der Waals surface area contributed by atoms with Crippen LogP contribution in [0.25, 0.3) is 5.76 Å². The highest BCUT2D eigenvalue weighted by molar-refractivity contribution is 6.74. The Balaban J connectivity index is 1.30. The predicted molar refractivity (Wildman–Crippen MR) is 216 cm³/mol. The average Bonchev–Trinajstić information content (AvgIpc) is 3.81. The minimum atomic E-state index is -2.93. The van der Waals surface area contributed by atoms with Crippen LogP contribution in [-0.2, 0) is 28.9 Å². The van der Waals surface area contributed by atoms with Crippen LogP contribution in [0, 0.1) is 17.7 Å². The molecule has 4 aliphatic rings. The summed E-state index contributed by atoms with van der Waals surface area (Å²) in [7, 11) is 0.811. The summed E-state index contributed by atoms with van der Waals surface area (Å²) < 4.78 is 42.8. The van der Waals surface area contributed by atoms with Gasteiger partial charge in [-0.3, -0.25) is 14.5 Å². The summed E-state index contributed by atoms with van der Waals surface area (Å²) in [5, 5.41) is 19.7. The van der Waals surface area contributed by atoms with Crippen LogP contribution in [0.2, 0.25) is 18.1 Å². The zero-order chi connectivity index (χ0) is 40.4. The van der Waals surface area contributed by atoms with E-state index in [1.807, 2.05) is 80.8 Å². The highest BCUT2D eigenvalue weighted by Gasteiger charge is 2.68. The number of halogens is 1. The van der Waals surface area contributed by atoms with Gasteiger partial charge in [0.2, 0.25) is 11.6 Å². The van der Waals surface area contributed by atoms with Crippen molar-refractivity contribution in [2.75, 3.05) is 20.6 Å². The van der Waals surface area contributed by atoms with Crippen LogP contribution >= 0.6 is 0 Å². The van der Waals surface area contributed by atoms with Crippen molar-refractivity contribution in [2.45, 2.75) is 95.5 Å². The molecular weight excluding hydrogens is 742 g/mol. The number of Topliss-reactive ketones (excluding diaryl/α,β-unsaturated/α-hetero) is 2. The Bertz CT molecular complexity index is 2230. The van der Waals surface area contributed by atoms with Crippen LogP contribution in [-0.4, -0.2) is 61.3 Å². The largest absolute Gasteiger partial charge is 0.507 e. The van der Waals surface area contributed by atoms with E-state index in [2.05, 4.69) is 36.1 Å². The van der Waals surface area contributed by atoms with Crippen molar-refractivity contribution >= 4 is 25.6 Å². The first-order valence-corrected chi connectivity index (χ1v) is 22.9. The fourth-order valence-corrected chi connectivity index (χ4v) is 10.6. The second kappa shape index (κ2) is 14.6. The summed E-state index contributed by atoms with van der Waals surface area (Å²) >= 11 is 0. The Morgan fingerprint density at radius 3 is 2.25 bits per heavy atom. The molecule has 1 saturated heterocycles. The van der Waals surface area contributed by atoms with E-state index < -0.39 is 54.2 Å². The summed E-state index contributed by atoms with van der Waals surface area (Å²) in [6.45, 7) is 11.3. The van der Waals surface area contributed by atoms with Crippen molar-refractivity contribution in [2.24, 2.45) is 11.8 Å². The zero-order valence-corrected chi connectivity index (χ0v) is 34.8. The number of nitrogens with one attached hydrogen (secondary N) is 1. The van der Waals surface area contributed by atoms with E-state index in [0.29, 0.717) is 16.9 Å². The number of ketones is 2. The molecule has 0 amide bonds. The number of aliphatic hydroxyl groups excluding tert-OH is 1. The second-order valence-corrected chi connectivity index (χ2v) is 22.3. The number of ether oxygens (including phenoxy) is 2. The number of fused-ring (bicyclic) bond motifs is 4. The molecule has 0 radical (unpaired) electrons. The quantitative estimate of drug-likeness (QED) is 0.119. The molecule has 1 saturated carbocycles. The third-order valence-electron chi connectivity index (χ3n) is 13.2. The van der Waals surface area contributed by atoms with Gasteiger partial charge in [-0.05, 0) is 92.7 Å². The van der Waals surface area contributed by atoms with Crippen molar-refractivity contribution in [1.82, 2.24) is 15.4 Å². The molecule has 2 heterocycles. The molecule has 4 aromatic rings. The van der Waals surface area contributed by atoms with Gasteiger partial charge in [-0.2, -0.15) is 0 Å². The molecule has 3 aromatic carbocycles. The lowest BCUT2D eigenvalue weighted by Crippen LogP contribution is -2.68. The molecule has 57 heavy (non-hydrogen) atoms. The Morgan fingerprint density at radius 2 is 1.65 bits per heavy atom. The Kier molecular flexibility index (Phi) is 10.1. The van der Waals surface area contributed by atoms with Crippen LogP contribution in [0.1, 0.15) is 96.1 Å². The molecule has 300 valence electrons. The number of hydrogen-bond donors (Lipinski definition) is 2. The van der Waals surface area contributed by atoms with E-state index in [1.165, 1.54) is 0 Å². The number of benzene rings is 3. The Morgan fingerprint density at radius 1 is 1.00 bits per heavy atom. The molecule has 0 bridgehead atoms. The summed E-state index contributed by atoms with van der Waals surface area (Å²) in [4.78, 5) is 33.3. The lowest BCUT2D eigenvalue weighted by Gasteiger charge is -2.54. The van der Waals surface area contributed by atoms with Crippen molar-refractivity contribution in [3.8, 4) is 11.6 Å². The van der Waals surface area contributed by atoms with E-state index in [1.54, 1.807) is 13.1 Å². The third kappa shape index (κ3) is 6.45. The van der Waals surface area contributed by atoms with Gasteiger partial charge in [0.1, 0.15) is 36.1 Å². The van der Waals surface area contributed by atoms with E-state index in [4.69, 9.17) is 18.4 Å². The van der Waals surface area contributed by atoms with Gasteiger partial charge >= 0.3 is 0 Å². The fraction of sp³-hybridized carbons (Fsp3) is 0.444. The van der Waals surface area contributed by atoms with E-state index >= 15 is 14.0 Å². The van der Waals surface area contributed by atoms with Crippen LogP contribution in [0.3, 0.4) is 0 Å². The SMILES string of the molecule is CN[C@@H]1c2onc(OCc3ccccc3)c2C(=O)[C@@]2(O[Si](C)(C)C(C)(C)C)C(=O)C3=C(O)c4c(OCc5ccccc5)cc(C5CCCN5C)c(F)c4C[C@H]3C[C@@H]12. The summed E-state index contributed by atoms with van der Waals surface area (Å²) in [5.74, 6) is -2.87. The molecule has 5 atom stereocenters. The molecule has 2 fully saturated rings. The topological polar surface area (TPSA) is 123 Å². The smallest absolute Gasteiger partial charge is 0.265 e. The number of aromatic nitrogens is 1. The molecule has 12 heteroatoms. The van der Waals surface area contributed by atoms with Crippen LogP contribution < -0.4 is 14.8 Å². The van der Waals surface area contributed by atoms with Crippen molar-refractivity contribution in [3.63, 3.8) is 0 Å². The van der Waals surface area contributed by atoms with Crippen molar-refractivity contribution in [1.29, 1.82) is 0 Å². The first-order chi connectivity index (χ1) is 27.2. The van der Waals surface area contributed by atoms with Gasteiger partial charge in [-0.15, -0.1) is 0 Å². The van der Waals surface area contributed by atoms with Crippen molar-refractivity contribution < 1.29 is 37.5 Å². The summed E-state index contributed by atoms with van der Waals surface area (Å²) in [6.07, 6.45) is 2.08. The normalized spacial score (nSPS) is 24.8. The van der Waals surface area contributed by atoms with E-state index in [9.17, 15) is 5.11 Å². The van der Waals surface area contributed by atoms with Crippen LogP contribution in [0.5, 0.6) is 11.6 Å². The third-order valence-corrected chi connectivity index (χ3v) is 17.6. The highest BCUT2D eigenvalue weighted by Crippen LogP contribution is 2.58. The average molecular weight is 794 g/mol. The summed E-state index contributed by atoms with van der Waals surface area (Å²) in [5.41, 5.74) is 0.783. The number of nitrogens with zero attached hydrogens (tertiary/aromatic N) is 2. The molecule has 3 aliphatic carbocycles. The second-order valence-electron chi connectivity index (χ2n) is 17.6. The molecule has 1 aromatic heterocycles. The molecule has 1 aliphatic heterocycles. The molecule has 0 spiro atoms. The standard InChI is InChI=1S/C45H52FN3O7Si/c1-44(2,3)57(6,7)56-45-31(38(47-4)40-36(42(45)52)43(48-55-40)54-25-27-17-12-9-13-18-27)22-28-21-30-35(39(50)34(28)41(45)51)33(53-24-26-15-10-8-11-16-26)23-29(37(30)46)32-19-14-20-49(32)5/h8-13,15-18,23,28,31-32,38,47,50H,14,19-22,24-25H2,1-7H3/t28-,31-,32?,38-,45-/m0/s1. The Hall–Kier alpha value is -4.62. The number of likely N-dealkylation sites (tertiary alicyclic amines) is 1. The first kappa shape index (κ1) is 39.2. The number of rotatable bonds is 10. The fourth-order valence-electron chi connectivity index (χ4n) is 9.17. The van der Waals surface area contributed by atoms with Gasteiger partial charge in [0, 0.05) is 28.7 Å². The van der Waals surface area contributed by atoms with Crippen LogP contribution in [0.15, 0.2) is 76.8 Å². The monoisotopic (exact) mass is 793 g/mol. The highest BCUT2D eigenvalue weighted by atomic mass is 28.4. The first-order valence-electron chi connectivity index (χ1n) is 20.0. The van der Waals surface area contributed by atoms with Crippen molar-refractivity contribution in [3.05, 3.63) is 117 Å². The van der Waals surface area contributed by atoms with Gasteiger partial charge in [-0.1, -0.05) is 81.4 Å².